The lowest BCUT2D eigenvalue weighted by molar-refractivity contribution is -0.158. The Morgan fingerprint density at radius 1 is 1.12 bits per heavy atom. The smallest absolute Gasteiger partial charge is 0.315 e. The normalized spacial score (nSPS) is 9.94. The minimum absolute atomic E-state index is 0.106. The average Bonchev–Trinajstić information content (AvgIpc) is 2.29. The molecule has 0 amide bonds. The van der Waals surface area contributed by atoms with Crippen LogP contribution in [0.25, 0.3) is 0 Å². The molecular formula is C13H16O4. The van der Waals surface area contributed by atoms with Crippen LogP contribution in [0, 0.1) is 0 Å². The van der Waals surface area contributed by atoms with Crippen LogP contribution in [-0.4, -0.2) is 25.2 Å². The molecule has 0 aliphatic rings. The van der Waals surface area contributed by atoms with E-state index in [9.17, 15) is 9.59 Å². The number of carbonyl (C=O) groups excluding carboxylic acids is 2. The fraction of sp³-hybridized carbons (Fsp3) is 0.385. The molecule has 0 bridgehead atoms. The molecule has 0 spiro atoms. The first-order valence-electron chi connectivity index (χ1n) is 5.51. The van der Waals surface area contributed by atoms with E-state index in [-0.39, 0.29) is 13.0 Å². The molecule has 0 radical (unpaired) electrons. The summed E-state index contributed by atoms with van der Waals surface area (Å²) in [6.07, 6.45) is 0.914. The lowest BCUT2D eigenvalue weighted by atomic mass is 10.2. The molecule has 1 aromatic rings. The van der Waals surface area contributed by atoms with Gasteiger partial charge in [0.25, 0.3) is 0 Å². The largest absolute Gasteiger partial charge is 0.393 e. The summed E-state index contributed by atoms with van der Waals surface area (Å²) in [6, 6.07) is 9.95. The Balaban J connectivity index is 2.05. The molecule has 92 valence electrons. The van der Waals surface area contributed by atoms with Crippen LogP contribution < -0.4 is 0 Å². The topological polar surface area (TPSA) is 52.6 Å². The van der Waals surface area contributed by atoms with Gasteiger partial charge in [-0.25, -0.2) is 0 Å². The van der Waals surface area contributed by atoms with Gasteiger partial charge in [0.05, 0.1) is 19.6 Å². The van der Waals surface area contributed by atoms with Gasteiger partial charge in [-0.05, 0) is 12.0 Å². The molecule has 1 aromatic carbocycles. The van der Waals surface area contributed by atoms with Crippen LogP contribution in [0.5, 0.6) is 0 Å². The van der Waals surface area contributed by atoms with Crippen molar-refractivity contribution >= 4 is 11.9 Å². The van der Waals surface area contributed by atoms with Crippen LogP contribution in [-0.2, 0) is 25.5 Å². The third-order valence-corrected chi connectivity index (χ3v) is 2.09. The van der Waals surface area contributed by atoms with Crippen LogP contribution in [0.1, 0.15) is 18.9 Å². The lowest BCUT2D eigenvalue weighted by Crippen LogP contribution is -2.12. The second kappa shape index (κ2) is 7.57. The van der Waals surface area contributed by atoms with Crippen LogP contribution >= 0.6 is 0 Å². The van der Waals surface area contributed by atoms with Gasteiger partial charge in [-0.15, -0.1) is 0 Å². The van der Waals surface area contributed by atoms with Gasteiger partial charge >= 0.3 is 11.9 Å². The molecule has 0 saturated heterocycles. The van der Waals surface area contributed by atoms with Crippen LogP contribution in [0.3, 0.4) is 0 Å². The molecule has 0 aliphatic heterocycles. The molecule has 0 aromatic heterocycles. The maximum atomic E-state index is 11.0. The minimum Gasteiger partial charge on any atom is -0.393 e. The van der Waals surface area contributed by atoms with E-state index in [0.717, 1.165) is 6.42 Å². The zero-order chi connectivity index (χ0) is 12.5. The van der Waals surface area contributed by atoms with E-state index in [1.165, 1.54) is 12.5 Å². The molecule has 4 heteroatoms. The van der Waals surface area contributed by atoms with E-state index in [0.29, 0.717) is 6.61 Å². The van der Waals surface area contributed by atoms with Crippen LogP contribution in [0.15, 0.2) is 30.3 Å². The van der Waals surface area contributed by atoms with Gasteiger partial charge in [-0.3, -0.25) is 9.59 Å². The van der Waals surface area contributed by atoms with E-state index in [4.69, 9.17) is 4.74 Å². The number of hydrogen-bond acceptors (Lipinski definition) is 4. The zero-order valence-electron chi connectivity index (χ0n) is 9.85. The number of esters is 2. The first kappa shape index (κ1) is 13.4. The van der Waals surface area contributed by atoms with Gasteiger partial charge < -0.3 is 9.47 Å². The second-order valence-electron chi connectivity index (χ2n) is 3.56. The summed E-state index contributed by atoms with van der Waals surface area (Å²) in [5.41, 5.74) is 1.19. The number of benzene rings is 1. The molecule has 0 heterocycles. The number of carbonyl (C=O) groups is 2. The third kappa shape index (κ3) is 6.48. The van der Waals surface area contributed by atoms with Crippen molar-refractivity contribution in [2.45, 2.75) is 19.8 Å². The summed E-state index contributed by atoms with van der Waals surface area (Å²) in [7, 11) is 0. The number of ether oxygens (including phenoxy) is 2. The predicted octanol–water partition coefficient (Wildman–Crippen LogP) is 1.73. The highest BCUT2D eigenvalue weighted by Crippen LogP contribution is 1.99. The molecule has 0 fully saturated rings. The molecule has 0 aliphatic carbocycles. The van der Waals surface area contributed by atoms with Crippen molar-refractivity contribution in [2.24, 2.45) is 0 Å². The fourth-order valence-corrected chi connectivity index (χ4v) is 1.30. The van der Waals surface area contributed by atoms with Crippen molar-refractivity contribution in [1.82, 2.24) is 0 Å². The van der Waals surface area contributed by atoms with E-state index < -0.39 is 11.9 Å². The SMILES string of the molecule is CC(=O)OC(=O)CCOCCc1ccccc1. The maximum absolute atomic E-state index is 11.0. The summed E-state index contributed by atoms with van der Waals surface area (Å²) in [6.45, 7) is 2.03. The lowest BCUT2D eigenvalue weighted by Gasteiger charge is -2.03. The quantitative estimate of drug-likeness (QED) is 0.429. The molecule has 17 heavy (non-hydrogen) atoms. The van der Waals surface area contributed by atoms with Crippen molar-refractivity contribution in [3.05, 3.63) is 35.9 Å². The van der Waals surface area contributed by atoms with Gasteiger partial charge in [0, 0.05) is 6.92 Å². The predicted molar refractivity (Wildman–Crippen MR) is 62.4 cm³/mol. The zero-order valence-corrected chi connectivity index (χ0v) is 9.85. The van der Waals surface area contributed by atoms with E-state index in [1.807, 2.05) is 30.3 Å². The van der Waals surface area contributed by atoms with E-state index >= 15 is 0 Å². The fourth-order valence-electron chi connectivity index (χ4n) is 1.30. The Hall–Kier alpha value is -1.68. The summed E-state index contributed by atoms with van der Waals surface area (Å²) >= 11 is 0. The Bertz CT molecular complexity index is 359. The molecule has 0 unspecified atom stereocenters. The maximum Gasteiger partial charge on any atom is 0.315 e. The average molecular weight is 236 g/mol. The number of rotatable bonds is 6. The van der Waals surface area contributed by atoms with Crippen molar-refractivity contribution in [3.8, 4) is 0 Å². The van der Waals surface area contributed by atoms with Crippen molar-refractivity contribution in [2.75, 3.05) is 13.2 Å². The Morgan fingerprint density at radius 2 is 1.82 bits per heavy atom. The van der Waals surface area contributed by atoms with Crippen molar-refractivity contribution in [1.29, 1.82) is 0 Å². The summed E-state index contributed by atoms with van der Waals surface area (Å²) in [5, 5.41) is 0. The molecule has 0 N–H and O–H groups in total. The first-order chi connectivity index (χ1) is 8.18. The van der Waals surface area contributed by atoms with Gasteiger partial charge in [-0.2, -0.15) is 0 Å². The van der Waals surface area contributed by atoms with Crippen LogP contribution in [0.4, 0.5) is 0 Å². The molecule has 0 atom stereocenters. The summed E-state index contributed by atoms with van der Waals surface area (Å²) in [4.78, 5) is 21.4. The van der Waals surface area contributed by atoms with Gasteiger partial charge in [0.15, 0.2) is 0 Å². The molecular weight excluding hydrogens is 220 g/mol. The standard InChI is InChI=1S/C13H16O4/c1-11(14)17-13(15)8-10-16-9-7-12-5-3-2-4-6-12/h2-6H,7-10H2,1H3. The van der Waals surface area contributed by atoms with Crippen molar-refractivity contribution < 1.29 is 19.1 Å². The Morgan fingerprint density at radius 3 is 2.47 bits per heavy atom. The first-order valence-corrected chi connectivity index (χ1v) is 5.51. The van der Waals surface area contributed by atoms with E-state index in [1.54, 1.807) is 0 Å². The summed E-state index contributed by atoms with van der Waals surface area (Å²) in [5.74, 6) is -1.13. The van der Waals surface area contributed by atoms with E-state index in [2.05, 4.69) is 4.74 Å². The Labute approximate surface area is 101 Å². The highest BCUT2D eigenvalue weighted by Gasteiger charge is 2.05. The van der Waals surface area contributed by atoms with Gasteiger partial charge in [-0.1, -0.05) is 30.3 Å². The van der Waals surface area contributed by atoms with Gasteiger partial charge in [0.2, 0.25) is 0 Å². The van der Waals surface area contributed by atoms with Gasteiger partial charge in [0.1, 0.15) is 0 Å². The highest BCUT2D eigenvalue weighted by molar-refractivity contribution is 5.84. The monoisotopic (exact) mass is 236 g/mol. The van der Waals surface area contributed by atoms with Crippen molar-refractivity contribution in [3.63, 3.8) is 0 Å². The third-order valence-electron chi connectivity index (χ3n) is 2.09. The molecule has 0 saturated carbocycles. The summed E-state index contributed by atoms with van der Waals surface area (Å²) < 4.78 is 9.63. The highest BCUT2D eigenvalue weighted by atomic mass is 16.6. The van der Waals surface area contributed by atoms with Crippen LogP contribution in [0.2, 0.25) is 0 Å². The Kier molecular flexibility index (Phi) is 5.96. The minimum atomic E-state index is -0.584. The number of hydrogen-bond donors (Lipinski definition) is 0. The molecule has 4 nitrogen and oxygen atoms in total. The second-order valence-corrected chi connectivity index (χ2v) is 3.56. The molecule has 1 rings (SSSR count).